The standard InChI is InChI=1S/C21H34B3N5O10PS/c1-29-10(4-5-13(29)28-14(31)6-27-21(25)26)9-41-40(33,36-8-12-15(32)17(34-2)19(22)37-12)39-16-11(7-30)38-20(24-23)18(16)35-3/h4-5,11-12,15-20,30,32H,6-9H2,1-3H3,(H,28,31)(H4,25,26,27)/t11-,12-,15+,16+,17?,18?,19-,20-,40?/m1/s1. The van der Waals surface area contributed by atoms with Crippen LogP contribution in [0.25, 0.3) is 0 Å². The molecule has 20 heteroatoms. The van der Waals surface area contributed by atoms with E-state index in [2.05, 4.69) is 10.3 Å². The van der Waals surface area contributed by atoms with Gasteiger partial charge in [-0.15, -0.1) is 0 Å². The SMILES string of the molecule is [B][B][C@@H]1O[C@H](CO)[C@H](OP(=O)(OC[C@H]2O[C@@H]([B])C(OC)[C@H]2O)SCc2ccc(NC(=O)CN=C(N)N)n2C)C1OC. The van der Waals surface area contributed by atoms with Gasteiger partial charge in [-0.25, -0.2) is 9.56 Å². The number of carbonyl (C=O) groups is 1. The van der Waals surface area contributed by atoms with Crippen LogP contribution in [0, 0.1) is 0 Å². The second kappa shape index (κ2) is 15.3. The number of ether oxygens (including phenoxy) is 4. The van der Waals surface area contributed by atoms with Crippen LogP contribution in [-0.2, 0) is 50.2 Å². The van der Waals surface area contributed by atoms with Gasteiger partial charge < -0.3 is 50.5 Å². The maximum Gasteiger partial charge on any atom is 0.390 e. The molecule has 3 rings (SSSR count). The van der Waals surface area contributed by atoms with Crippen LogP contribution in [0.2, 0.25) is 0 Å². The lowest BCUT2D eigenvalue weighted by atomic mass is 9.50. The van der Waals surface area contributed by atoms with E-state index in [1.54, 1.807) is 23.7 Å². The maximum absolute atomic E-state index is 14.2. The van der Waals surface area contributed by atoms with Gasteiger partial charge in [-0.3, -0.25) is 13.8 Å². The first-order valence-corrected chi connectivity index (χ1v) is 15.6. The van der Waals surface area contributed by atoms with E-state index < -0.39 is 67.9 Å². The fraction of sp³-hybridized carbons (Fsp3) is 0.714. The van der Waals surface area contributed by atoms with Crippen LogP contribution in [0.4, 0.5) is 5.82 Å². The zero-order valence-electron chi connectivity index (χ0n) is 22.9. The van der Waals surface area contributed by atoms with Crippen LogP contribution in [0.15, 0.2) is 17.1 Å². The van der Waals surface area contributed by atoms with Crippen molar-refractivity contribution in [2.75, 3.05) is 39.3 Å². The molecule has 223 valence electrons. The summed E-state index contributed by atoms with van der Waals surface area (Å²) in [4.78, 5) is 15.8. The smallest absolute Gasteiger partial charge is 0.390 e. The quantitative estimate of drug-likeness (QED) is 0.0616. The molecule has 5 radical (unpaired) electrons. The summed E-state index contributed by atoms with van der Waals surface area (Å²) in [6, 6.07) is 1.71. The average molecular weight is 612 g/mol. The Hall–Kier alpha value is -1.53. The molecular weight excluding hydrogens is 578 g/mol. The molecule has 1 aromatic rings. The number of aliphatic hydroxyl groups excluding tert-OH is 2. The topological polar surface area (TPSA) is 211 Å². The summed E-state index contributed by atoms with van der Waals surface area (Å²) in [6.07, 6.45) is -5.63. The van der Waals surface area contributed by atoms with Crippen molar-refractivity contribution in [2.24, 2.45) is 23.5 Å². The first kappa shape index (κ1) is 34.0. The van der Waals surface area contributed by atoms with Crippen LogP contribution in [-0.4, -0.2) is 132 Å². The molecule has 1 amide bonds. The van der Waals surface area contributed by atoms with Crippen LogP contribution in [0.1, 0.15) is 5.69 Å². The summed E-state index contributed by atoms with van der Waals surface area (Å²) >= 11 is 0.839. The summed E-state index contributed by atoms with van der Waals surface area (Å²) in [6.45, 7) is -5.15. The Morgan fingerprint density at radius 2 is 1.95 bits per heavy atom. The molecule has 0 spiro atoms. The highest BCUT2D eigenvalue weighted by molar-refractivity contribution is 8.54. The number of carbonyl (C=O) groups excluding carboxylic acids is 1. The van der Waals surface area contributed by atoms with Gasteiger partial charge in [0.1, 0.15) is 56.8 Å². The van der Waals surface area contributed by atoms with Gasteiger partial charge in [-0.1, -0.05) is 0 Å². The number of aliphatic imine (C=N–C) groups is 1. The molecule has 2 saturated heterocycles. The highest BCUT2D eigenvalue weighted by atomic mass is 32.7. The molecule has 0 bridgehead atoms. The van der Waals surface area contributed by atoms with E-state index in [4.69, 9.17) is 55.0 Å². The Morgan fingerprint density at radius 3 is 2.54 bits per heavy atom. The van der Waals surface area contributed by atoms with Gasteiger partial charge in [0.05, 0.1) is 20.4 Å². The highest BCUT2D eigenvalue weighted by Crippen LogP contribution is 2.63. The largest absolute Gasteiger partial charge is 0.394 e. The number of guanidine groups is 1. The van der Waals surface area contributed by atoms with E-state index >= 15 is 0 Å². The van der Waals surface area contributed by atoms with Crippen molar-refractivity contribution in [3.8, 4) is 0 Å². The first-order valence-electron chi connectivity index (χ1n) is 12.5. The third-order valence-electron chi connectivity index (χ3n) is 6.55. The van der Waals surface area contributed by atoms with Gasteiger partial charge in [0.15, 0.2) is 5.96 Å². The van der Waals surface area contributed by atoms with Crippen LogP contribution >= 0.6 is 18.2 Å². The monoisotopic (exact) mass is 612 g/mol. The summed E-state index contributed by atoms with van der Waals surface area (Å²) < 4.78 is 49.5. The summed E-state index contributed by atoms with van der Waals surface area (Å²) in [7, 11) is 17.3. The van der Waals surface area contributed by atoms with Crippen molar-refractivity contribution in [1.29, 1.82) is 0 Å². The second-order valence-corrected chi connectivity index (χ2v) is 13.2. The fourth-order valence-corrected chi connectivity index (χ4v) is 7.77. The van der Waals surface area contributed by atoms with E-state index in [-0.39, 0.29) is 24.9 Å². The number of nitrogens with one attached hydrogen (secondary N) is 1. The predicted molar refractivity (Wildman–Crippen MR) is 154 cm³/mol. The van der Waals surface area contributed by atoms with Crippen molar-refractivity contribution < 1.29 is 47.6 Å². The van der Waals surface area contributed by atoms with Crippen LogP contribution in [0.5, 0.6) is 0 Å². The molecule has 41 heavy (non-hydrogen) atoms. The Morgan fingerprint density at radius 1 is 1.24 bits per heavy atom. The number of rotatable bonds is 15. The number of hydrogen-bond donors (Lipinski definition) is 5. The average Bonchev–Trinajstić information content (AvgIpc) is 3.56. The Labute approximate surface area is 245 Å². The molecule has 3 unspecified atom stereocenters. The van der Waals surface area contributed by atoms with Crippen molar-refractivity contribution in [2.45, 2.75) is 54.4 Å². The van der Waals surface area contributed by atoms with Crippen LogP contribution in [0.3, 0.4) is 0 Å². The van der Waals surface area contributed by atoms with Crippen molar-refractivity contribution in [3.63, 3.8) is 0 Å². The van der Waals surface area contributed by atoms with Gasteiger partial charge in [-0.05, 0) is 23.5 Å². The molecule has 1 aromatic heterocycles. The number of nitrogens with zero attached hydrogens (tertiary/aromatic N) is 2. The normalized spacial score (nSPS) is 31.0. The fourth-order valence-electron chi connectivity index (χ4n) is 4.36. The van der Waals surface area contributed by atoms with Gasteiger partial charge in [0.25, 0.3) is 0 Å². The van der Waals surface area contributed by atoms with Crippen molar-refractivity contribution >= 4 is 58.6 Å². The summed E-state index contributed by atoms with van der Waals surface area (Å²) in [5.74, 6) is -0.0992. The number of methoxy groups -OCH3 is 2. The minimum atomic E-state index is -4.09. The zero-order valence-corrected chi connectivity index (χ0v) is 24.6. The number of anilines is 1. The molecule has 2 aliphatic heterocycles. The molecule has 0 saturated carbocycles. The Kier molecular flexibility index (Phi) is 12.7. The second-order valence-electron chi connectivity index (χ2n) is 9.19. The van der Waals surface area contributed by atoms with Crippen molar-refractivity contribution in [3.05, 3.63) is 17.8 Å². The van der Waals surface area contributed by atoms with E-state index in [0.29, 0.717) is 11.5 Å². The van der Waals surface area contributed by atoms with E-state index in [1.807, 2.05) is 0 Å². The van der Waals surface area contributed by atoms with Gasteiger partial charge in [-0.2, -0.15) is 0 Å². The Bertz CT molecular complexity index is 1100. The Balaban J connectivity index is 1.77. The molecule has 7 N–H and O–H groups in total. The molecule has 2 aliphatic rings. The van der Waals surface area contributed by atoms with Gasteiger partial charge in [0.2, 0.25) is 5.91 Å². The molecular formula is C21H34B3N5O10PS. The predicted octanol–water partition coefficient (Wildman–Crippen LogP) is -2.23. The van der Waals surface area contributed by atoms with E-state index in [0.717, 1.165) is 11.4 Å². The molecule has 0 aliphatic carbocycles. The minimum Gasteiger partial charge on any atom is -0.394 e. The number of aliphatic hydroxyl groups is 2. The highest BCUT2D eigenvalue weighted by Gasteiger charge is 2.49. The number of nitrogens with two attached hydrogens (primary N) is 2. The van der Waals surface area contributed by atoms with Gasteiger partial charge in [0, 0.05) is 52.5 Å². The van der Waals surface area contributed by atoms with Gasteiger partial charge >= 0.3 is 6.80 Å². The lowest BCUT2D eigenvalue weighted by molar-refractivity contribution is -0.114. The summed E-state index contributed by atoms with van der Waals surface area (Å²) in [5.41, 5.74) is 11.2. The third kappa shape index (κ3) is 8.53. The lowest BCUT2D eigenvalue weighted by Gasteiger charge is -2.28. The minimum absolute atomic E-state index is 0.104. The van der Waals surface area contributed by atoms with E-state index in [9.17, 15) is 19.6 Å². The van der Waals surface area contributed by atoms with E-state index in [1.165, 1.54) is 21.4 Å². The lowest BCUT2D eigenvalue weighted by Crippen LogP contribution is -2.39. The first-order chi connectivity index (χ1) is 19.5. The summed E-state index contributed by atoms with van der Waals surface area (Å²) in [5, 5.41) is 23.1. The van der Waals surface area contributed by atoms with Crippen LogP contribution < -0.4 is 16.8 Å². The molecule has 9 atom stereocenters. The molecule has 0 aromatic carbocycles. The number of amides is 1. The molecule has 15 nitrogen and oxygen atoms in total. The zero-order chi connectivity index (χ0) is 30.3. The number of aromatic nitrogens is 1. The molecule has 2 fully saturated rings. The number of hydrogen-bond acceptors (Lipinski definition) is 12. The maximum atomic E-state index is 14.2. The third-order valence-corrected chi connectivity index (χ3v) is 10.2. The van der Waals surface area contributed by atoms with Crippen molar-refractivity contribution in [1.82, 2.24) is 4.57 Å². The molecule has 3 heterocycles.